The molecule has 0 aromatic carbocycles. The van der Waals surface area contributed by atoms with E-state index in [2.05, 4.69) is 23.7 Å². The maximum absolute atomic E-state index is 11.6. The molecule has 3 heteroatoms. The van der Waals surface area contributed by atoms with Crippen LogP contribution in [0.3, 0.4) is 0 Å². The Hall–Kier alpha value is -1.38. The SMILES string of the molecule is CCCN(CCC)c1ncc(C(=O)CC)cc1C. The molecular formula is C15H24N2O. The van der Waals surface area contributed by atoms with Gasteiger partial charge in [0.05, 0.1) is 0 Å². The van der Waals surface area contributed by atoms with Gasteiger partial charge in [-0.2, -0.15) is 0 Å². The van der Waals surface area contributed by atoms with Crippen LogP contribution >= 0.6 is 0 Å². The van der Waals surface area contributed by atoms with E-state index in [1.165, 1.54) is 0 Å². The molecule has 1 heterocycles. The Morgan fingerprint density at radius 3 is 2.28 bits per heavy atom. The summed E-state index contributed by atoms with van der Waals surface area (Å²) in [5.41, 5.74) is 1.82. The van der Waals surface area contributed by atoms with Gasteiger partial charge < -0.3 is 4.90 Å². The number of hydrogen-bond acceptors (Lipinski definition) is 3. The molecule has 0 N–H and O–H groups in total. The number of aryl methyl sites for hydroxylation is 1. The summed E-state index contributed by atoms with van der Waals surface area (Å²) in [6.07, 6.45) is 4.47. The van der Waals surface area contributed by atoms with Crippen molar-refractivity contribution in [3.63, 3.8) is 0 Å². The molecule has 0 unspecified atom stereocenters. The molecule has 1 rings (SSSR count). The van der Waals surface area contributed by atoms with Gasteiger partial charge in [0.25, 0.3) is 0 Å². The second-order valence-corrected chi connectivity index (χ2v) is 4.63. The van der Waals surface area contributed by atoms with Crippen LogP contribution in [0.2, 0.25) is 0 Å². The number of aromatic nitrogens is 1. The summed E-state index contributed by atoms with van der Waals surface area (Å²) >= 11 is 0. The minimum Gasteiger partial charge on any atom is -0.356 e. The molecule has 0 radical (unpaired) electrons. The van der Waals surface area contributed by atoms with E-state index in [1.54, 1.807) is 6.20 Å². The van der Waals surface area contributed by atoms with Crippen molar-refractivity contribution in [2.24, 2.45) is 0 Å². The maximum atomic E-state index is 11.6. The summed E-state index contributed by atoms with van der Waals surface area (Å²) in [4.78, 5) is 18.4. The van der Waals surface area contributed by atoms with Crippen LogP contribution in [0.5, 0.6) is 0 Å². The summed E-state index contributed by atoms with van der Waals surface area (Å²) in [5.74, 6) is 1.18. The smallest absolute Gasteiger partial charge is 0.164 e. The predicted molar refractivity (Wildman–Crippen MR) is 76.4 cm³/mol. The van der Waals surface area contributed by atoms with Crippen LogP contribution in [-0.2, 0) is 0 Å². The molecular weight excluding hydrogens is 224 g/mol. The molecule has 100 valence electrons. The maximum Gasteiger partial charge on any atom is 0.164 e. The van der Waals surface area contributed by atoms with Crippen molar-refractivity contribution < 1.29 is 4.79 Å². The lowest BCUT2D eigenvalue weighted by Crippen LogP contribution is -2.26. The molecule has 18 heavy (non-hydrogen) atoms. The average Bonchev–Trinajstić information content (AvgIpc) is 2.37. The first-order valence-electron chi connectivity index (χ1n) is 6.88. The van der Waals surface area contributed by atoms with Crippen LogP contribution in [0.4, 0.5) is 5.82 Å². The van der Waals surface area contributed by atoms with Crippen LogP contribution in [0.1, 0.15) is 56.0 Å². The number of carbonyl (C=O) groups is 1. The molecule has 0 aliphatic heterocycles. The van der Waals surface area contributed by atoms with Crippen LogP contribution in [-0.4, -0.2) is 23.9 Å². The number of nitrogens with zero attached hydrogens (tertiary/aromatic N) is 2. The summed E-state index contributed by atoms with van der Waals surface area (Å²) < 4.78 is 0. The van der Waals surface area contributed by atoms with Crippen LogP contribution < -0.4 is 4.90 Å². The Morgan fingerprint density at radius 2 is 1.83 bits per heavy atom. The Labute approximate surface area is 110 Å². The first-order chi connectivity index (χ1) is 8.63. The fourth-order valence-corrected chi connectivity index (χ4v) is 2.12. The minimum atomic E-state index is 0.162. The number of carbonyl (C=O) groups excluding carboxylic acids is 1. The number of rotatable bonds is 7. The van der Waals surface area contributed by atoms with E-state index in [0.29, 0.717) is 6.42 Å². The van der Waals surface area contributed by atoms with Gasteiger partial charge in [0.2, 0.25) is 0 Å². The molecule has 0 aliphatic rings. The van der Waals surface area contributed by atoms with Crippen molar-refractivity contribution in [3.8, 4) is 0 Å². The van der Waals surface area contributed by atoms with Gasteiger partial charge in [0, 0.05) is 31.3 Å². The zero-order valence-electron chi connectivity index (χ0n) is 12.0. The summed E-state index contributed by atoms with van der Waals surface area (Å²) in [5, 5.41) is 0. The number of pyridine rings is 1. The second-order valence-electron chi connectivity index (χ2n) is 4.63. The summed E-state index contributed by atoms with van der Waals surface area (Å²) in [7, 11) is 0. The molecule has 0 saturated carbocycles. The van der Waals surface area contributed by atoms with Gasteiger partial charge in [-0.25, -0.2) is 4.98 Å². The Kier molecular flexibility index (Phi) is 5.83. The van der Waals surface area contributed by atoms with E-state index < -0.39 is 0 Å². The molecule has 0 aliphatic carbocycles. The van der Waals surface area contributed by atoms with Crippen molar-refractivity contribution in [1.82, 2.24) is 4.98 Å². The topological polar surface area (TPSA) is 33.2 Å². The molecule has 1 aromatic heterocycles. The van der Waals surface area contributed by atoms with Crippen molar-refractivity contribution in [3.05, 3.63) is 23.4 Å². The van der Waals surface area contributed by atoms with Crippen molar-refractivity contribution in [1.29, 1.82) is 0 Å². The van der Waals surface area contributed by atoms with Gasteiger partial charge >= 0.3 is 0 Å². The molecule has 1 aromatic rings. The molecule has 3 nitrogen and oxygen atoms in total. The molecule has 0 atom stereocenters. The summed E-state index contributed by atoms with van der Waals surface area (Å²) in [6.45, 7) is 10.3. The quantitative estimate of drug-likeness (QED) is 0.691. The number of ketones is 1. The molecule has 0 fully saturated rings. The predicted octanol–water partition coefficient (Wildman–Crippen LogP) is 3.61. The standard InChI is InChI=1S/C15H24N2O/c1-5-8-17(9-6-2)15-12(4)10-13(11-16-15)14(18)7-3/h10-11H,5-9H2,1-4H3. The normalized spacial score (nSPS) is 10.4. The van der Waals surface area contributed by atoms with Gasteiger partial charge in [-0.1, -0.05) is 20.8 Å². The van der Waals surface area contributed by atoms with E-state index >= 15 is 0 Å². The third-order valence-electron chi connectivity index (χ3n) is 2.98. The lowest BCUT2D eigenvalue weighted by atomic mass is 10.1. The highest BCUT2D eigenvalue weighted by atomic mass is 16.1. The fraction of sp³-hybridized carbons (Fsp3) is 0.600. The van der Waals surface area contributed by atoms with E-state index in [1.807, 2.05) is 19.9 Å². The van der Waals surface area contributed by atoms with Crippen molar-refractivity contribution in [2.45, 2.75) is 47.0 Å². The highest BCUT2D eigenvalue weighted by Crippen LogP contribution is 2.19. The van der Waals surface area contributed by atoms with E-state index in [9.17, 15) is 4.79 Å². The molecule has 0 spiro atoms. The molecule has 0 bridgehead atoms. The second kappa shape index (κ2) is 7.14. The largest absolute Gasteiger partial charge is 0.356 e. The van der Waals surface area contributed by atoms with Crippen molar-refractivity contribution >= 4 is 11.6 Å². The van der Waals surface area contributed by atoms with Gasteiger partial charge in [-0.3, -0.25) is 4.79 Å². The van der Waals surface area contributed by atoms with Gasteiger partial charge in [0.15, 0.2) is 5.78 Å². The Bertz CT molecular complexity index is 395. The Morgan fingerprint density at radius 1 is 1.22 bits per heavy atom. The fourth-order valence-electron chi connectivity index (χ4n) is 2.12. The van der Waals surface area contributed by atoms with Crippen molar-refractivity contribution in [2.75, 3.05) is 18.0 Å². The van der Waals surface area contributed by atoms with E-state index in [0.717, 1.165) is 42.9 Å². The Balaban J connectivity index is 2.98. The average molecular weight is 248 g/mol. The third-order valence-corrected chi connectivity index (χ3v) is 2.98. The van der Waals surface area contributed by atoms with Crippen LogP contribution in [0.15, 0.2) is 12.3 Å². The van der Waals surface area contributed by atoms with Crippen LogP contribution in [0, 0.1) is 6.92 Å². The number of Topliss-reactive ketones (excluding diaryl/α,β-unsaturated/α-hetero) is 1. The number of hydrogen-bond donors (Lipinski definition) is 0. The highest BCUT2D eigenvalue weighted by molar-refractivity contribution is 5.96. The van der Waals surface area contributed by atoms with Gasteiger partial charge in [0.1, 0.15) is 5.82 Å². The number of anilines is 1. The first-order valence-corrected chi connectivity index (χ1v) is 6.88. The lowest BCUT2D eigenvalue weighted by Gasteiger charge is -2.24. The highest BCUT2D eigenvalue weighted by Gasteiger charge is 2.11. The zero-order valence-corrected chi connectivity index (χ0v) is 12.0. The first kappa shape index (κ1) is 14.7. The van der Waals surface area contributed by atoms with Gasteiger partial charge in [-0.15, -0.1) is 0 Å². The van der Waals surface area contributed by atoms with E-state index in [4.69, 9.17) is 0 Å². The molecule has 0 saturated heterocycles. The molecule has 0 amide bonds. The monoisotopic (exact) mass is 248 g/mol. The summed E-state index contributed by atoms with van der Waals surface area (Å²) in [6, 6.07) is 1.96. The van der Waals surface area contributed by atoms with E-state index in [-0.39, 0.29) is 5.78 Å². The minimum absolute atomic E-state index is 0.162. The van der Waals surface area contributed by atoms with Gasteiger partial charge in [-0.05, 0) is 31.4 Å². The lowest BCUT2D eigenvalue weighted by molar-refractivity contribution is 0.0988. The third kappa shape index (κ3) is 3.56. The zero-order chi connectivity index (χ0) is 13.5. The van der Waals surface area contributed by atoms with Crippen LogP contribution in [0.25, 0.3) is 0 Å².